The lowest BCUT2D eigenvalue weighted by Gasteiger charge is -2.16. The molecule has 0 heterocycles. The summed E-state index contributed by atoms with van der Waals surface area (Å²) in [5.74, 6) is -0.368. The third-order valence-electron chi connectivity index (χ3n) is 2.58. The summed E-state index contributed by atoms with van der Waals surface area (Å²) in [6.07, 6.45) is -0.242. The van der Waals surface area contributed by atoms with Crippen molar-refractivity contribution in [2.24, 2.45) is 5.92 Å². The Morgan fingerprint density at radius 3 is 2.39 bits per heavy atom. The van der Waals surface area contributed by atoms with E-state index in [0.29, 0.717) is 0 Å². The number of ether oxygens (including phenoxy) is 1. The molecule has 1 atom stereocenters. The van der Waals surface area contributed by atoms with Crippen molar-refractivity contribution in [3.05, 3.63) is 29.8 Å². The zero-order chi connectivity index (χ0) is 13.9. The minimum Gasteiger partial charge on any atom is -0.459 e. The number of esters is 1. The predicted octanol–water partition coefficient (Wildman–Crippen LogP) is 2.82. The molecule has 0 amide bonds. The molecule has 1 unspecified atom stereocenters. The van der Waals surface area contributed by atoms with Gasteiger partial charge in [-0.25, -0.2) is 13.2 Å². The Labute approximate surface area is 111 Å². The number of hydrogen-bond donors (Lipinski definition) is 0. The minimum atomic E-state index is -3.84. The summed E-state index contributed by atoms with van der Waals surface area (Å²) in [6, 6.07) is 5.47. The van der Waals surface area contributed by atoms with Gasteiger partial charge in [0.1, 0.15) is 6.10 Å². The van der Waals surface area contributed by atoms with Crippen LogP contribution in [0.1, 0.15) is 31.1 Å². The van der Waals surface area contributed by atoms with Gasteiger partial charge in [0.2, 0.25) is 0 Å². The maximum absolute atomic E-state index is 11.8. The van der Waals surface area contributed by atoms with E-state index in [2.05, 4.69) is 0 Å². The van der Waals surface area contributed by atoms with Gasteiger partial charge >= 0.3 is 5.97 Å². The Hall–Kier alpha value is -1.07. The highest BCUT2D eigenvalue weighted by Crippen LogP contribution is 2.17. The van der Waals surface area contributed by atoms with Crippen molar-refractivity contribution in [1.82, 2.24) is 0 Å². The first-order valence-electron chi connectivity index (χ1n) is 5.47. The minimum absolute atomic E-state index is 0.115. The first-order chi connectivity index (χ1) is 8.21. The summed E-state index contributed by atoms with van der Waals surface area (Å²) in [4.78, 5) is 11.7. The van der Waals surface area contributed by atoms with Crippen LogP contribution < -0.4 is 0 Å². The van der Waals surface area contributed by atoms with Crippen LogP contribution in [0.5, 0.6) is 0 Å². The second-order valence-corrected chi connectivity index (χ2v) is 6.89. The smallest absolute Gasteiger partial charge is 0.338 e. The summed E-state index contributed by atoms with van der Waals surface area (Å²) in [5, 5.41) is 0. The van der Waals surface area contributed by atoms with Crippen LogP contribution >= 0.6 is 10.7 Å². The number of rotatable bonds is 4. The number of benzene rings is 1. The highest BCUT2D eigenvalue weighted by atomic mass is 35.7. The van der Waals surface area contributed by atoms with Gasteiger partial charge in [-0.1, -0.05) is 19.9 Å². The molecule has 6 heteroatoms. The van der Waals surface area contributed by atoms with Gasteiger partial charge in [0.15, 0.2) is 0 Å². The fraction of sp³-hybridized carbons (Fsp3) is 0.417. The first-order valence-corrected chi connectivity index (χ1v) is 7.78. The number of halogens is 1. The average molecular weight is 291 g/mol. The van der Waals surface area contributed by atoms with Crippen LogP contribution in [0, 0.1) is 5.92 Å². The summed E-state index contributed by atoms with van der Waals surface area (Å²) in [6.45, 7) is 5.64. The highest BCUT2D eigenvalue weighted by Gasteiger charge is 2.17. The van der Waals surface area contributed by atoms with Gasteiger partial charge in [-0.3, -0.25) is 0 Å². The van der Waals surface area contributed by atoms with E-state index in [1.807, 2.05) is 13.8 Å². The molecule has 0 aliphatic rings. The van der Waals surface area contributed by atoms with Crippen molar-refractivity contribution in [3.8, 4) is 0 Å². The van der Waals surface area contributed by atoms with E-state index in [0.717, 1.165) is 0 Å². The van der Waals surface area contributed by atoms with Crippen molar-refractivity contribution in [3.63, 3.8) is 0 Å². The molecule has 0 aromatic heterocycles. The maximum Gasteiger partial charge on any atom is 0.338 e. The van der Waals surface area contributed by atoms with Crippen LogP contribution in [0.15, 0.2) is 29.2 Å². The molecule has 0 spiro atoms. The fourth-order valence-electron chi connectivity index (χ4n) is 1.15. The standard InChI is InChI=1S/C12H15ClO4S/c1-8(2)9(3)17-12(14)10-5-4-6-11(7-10)18(13,15)16/h4-9H,1-3H3. The van der Waals surface area contributed by atoms with Crippen molar-refractivity contribution in [1.29, 1.82) is 0 Å². The Bertz CT molecular complexity index is 537. The van der Waals surface area contributed by atoms with Crippen LogP contribution in [0.25, 0.3) is 0 Å². The Balaban J connectivity index is 2.94. The quantitative estimate of drug-likeness (QED) is 0.632. The van der Waals surface area contributed by atoms with E-state index in [9.17, 15) is 13.2 Å². The number of carbonyl (C=O) groups excluding carboxylic acids is 1. The first kappa shape index (κ1) is 15.0. The SMILES string of the molecule is CC(C)C(C)OC(=O)c1cccc(S(=O)(=O)Cl)c1. The fourth-order valence-corrected chi connectivity index (χ4v) is 1.94. The molecular weight excluding hydrogens is 276 g/mol. The van der Waals surface area contributed by atoms with Crippen molar-refractivity contribution in [2.45, 2.75) is 31.8 Å². The van der Waals surface area contributed by atoms with Gasteiger partial charge < -0.3 is 4.74 Å². The summed E-state index contributed by atoms with van der Waals surface area (Å²) < 4.78 is 27.5. The van der Waals surface area contributed by atoms with Crippen molar-refractivity contribution < 1.29 is 17.9 Å². The maximum atomic E-state index is 11.8. The van der Waals surface area contributed by atoms with Gasteiger partial charge in [0, 0.05) is 10.7 Å². The Kier molecular flexibility index (Phi) is 4.76. The third-order valence-corrected chi connectivity index (χ3v) is 3.93. The molecule has 1 aromatic carbocycles. The normalized spacial score (nSPS) is 13.4. The van der Waals surface area contributed by atoms with Crippen LogP contribution in [0.4, 0.5) is 0 Å². The van der Waals surface area contributed by atoms with Gasteiger partial charge in [0.25, 0.3) is 9.05 Å². The molecule has 0 N–H and O–H groups in total. The predicted molar refractivity (Wildman–Crippen MR) is 69.2 cm³/mol. The second-order valence-electron chi connectivity index (χ2n) is 4.32. The highest BCUT2D eigenvalue weighted by molar-refractivity contribution is 8.13. The van der Waals surface area contributed by atoms with E-state index in [4.69, 9.17) is 15.4 Å². The largest absolute Gasteiger partial charge is 0.459 e. The van der Waals surface area contributed by atoms with Gasteiger partial charge in [-0.2, -0.15) is 0 Å². The van der Waals surface area contributed by atoms with Crippen LogP contribution in [-0.2, 0) is 13.8 Å². The van der Waals surface area contributed by atoms with Crippen LogP contribution in [0.2, 0.25) is 0 Å². The van der Waals surface area contributed by atoms with Crippen molar-refractivity contribution >= 4 is 25.7 Å². The zero-order valence-electron chi connectivity index (χ0n) is 10.4. The molecule has 4 nitrogen and oxygen atoms in total. The summed E-state index contributed by atoms with van der Waals surface area (Å²) in [7, 11) is 1.37. The molecular formula is C12H15ClO4S. The second kappa shape index (κ2) is 5.71. The molecule has 100 valence electrons. The molecule has 0 saturated carbocycles. The van der Waals surface area contributed by atoms with Gasteiger partial charge in [-0.05, 0) is 31.0 Å². The van der Waals surface area contributed by atoms with Gasteiger partial charge in [-0.15, -0.1) is 0 Å². The lowest BCUT2D eigenvalue weighted by molar-refractivity contribution is 0.0238. The molecule has 18 heavy (non-hydrogen) atoms. The lowest BCUT2D eigenvalue weighted by atomic mass is 10.1. The van der Waals surface area contributed by atoms with Gasteiger partial charge in [0.05, 0.1) is 10.5 Å². The topological polar surface area (TPSA) is 60.4 Å². The molecule has 0 bridgehead atoms. The number of hydrogen-bond acceptors (Lipinski definition) is 4. The lowest BCUT2D eigenvalue weighted by Crippen LogP contribution is -2.20. The Morgan fingerprint density at radius 1 is 1.28 bits per heavy atom. The van der Waals surface area contributed by atoms with Crippen LogP contribution in [-0.4, -0.2) is 20.5 Å². The molecule has 1 rings (SSSR count). The molecule has 0 aliphatic carbocycles. The molecule has 0 saturated heterocycles. The molecule has 0 radical (unpaired) electrons. The van der Waals surface area contributed by atoms with Crippen LogP contribution in [0.3, 0.4) is 0 Å². The van der Waals surface area contributed by atoms with E-state index >= 15 is 0 Å². The molecule has 0 fully saturated rings. The molecule has 1 aromatic rings. The number of carbonyl (C=O) groups is 1. The van der Waals surface area contributed by atoms with Crippen molar-refractivity contribution in [2.75, 3.05) is 0 Å². The summed E-state index contributed by atoms with van der Waals surface area (Å²) >= 11 is 0. The van der Waals surface area contributed by atoms with E-state index in [1.54, 1.807) is 6.92 Å². The zero-order valence-corrected chi connectivity index (χ0v) is 12.0. The monoisotopic (exact) mass is 290 g/mol. The Morgan fingerprint density at radius 2 is 1.89 bits per heavy atom. The third kappa shape index (κ3) is 3.99. The average Bonchev–Trinajstić information content (AvgIpc) is 2.27. The summed E-state index contributed by atoms with van der Waals surface area (Å²) in [5.41, 5.74) is 0.171. The van der Waals surface area contributed by atoms with E-state index in [-0.39, 0.29) is 22.5 Å². The van der Waals surface area contributed by atoms with E-state index < -0.39 is 15.0 Å². The van der Waals surface area contributed by atoms with E-state index in [1.165, 1.54) is 24.3 Å². The molecule has 0 aliphatic heterocycles.